The highest BCUT2D eigenvalue weighted by molar-refractivity contribution is 6.35. The molecule has 0 fully saturated rings. The molecule has 0 spiro atoms. The normalized spacial score (nSPS) is 14.2. The molecule has 3 rings (SSSR count). The van der Waals surface area contributed by atoms with E-state index in [1.807, 2.05) is 0 Å². The Labute approximate surface area is 138 Å². The third-order valence-corrected chi connectivity index (χ3v) is 3.79. The monoisotopic (exact) mass is 325 g/mol. The van der Waals surface area contributed by atoms with Crippen LogP contribution in [-0.2, 0) is 4.79 Å². The van der Waals surface area contributed by atoms with Crippen molar-refractivity contribution in [3.05, 3.63) is 53.1 Å². The van der Waals surface area contributed by atoms with Crippen LogP contribution < -0.4 is 14.8 Å². The molecule has 0 bridgehead atoms. The van der Waals surface area contributed by atoms with Crippen molar-refractivity contribution in [1.82, 2.24) is 0 Å². The second-order valence-corrected chi connectivity index (χ2v) is 5.19. The highest BCUT2D eigenvalue weighted by Gasteiger charge is 2.25. The number of aromatic carboxylic acids is 1. The number of nitrogens with one attached hydrogen (secondary N) is 1. The van der Waals surface area contributed by atoms with Crippen molar-refractivity contribution in [1.29, 1.82) is 0 Å². The summed E-state index contributed by atoms with van der Waals surface area (Å²) in [6, 6.07) is 9.78. The number of hydrogen-bond acceptors (Lipinski definition) is 4. The maximum Gasteiger partial charge on any atom is 0.335 e. The summed E-state index contributed by atoms with van der Waals surface area (Å²) >= 11 is 0. The summed E-state index contributed by atoms with van der Waals surface area (Å²) in [6.07, 6.45) is 1.67. The molecule has 0 unspecified atom stereocenters. The number of carboxylic acid groups (broad SMARTS) is 1. The van der Waals surface area contributed by atoms with E-state index in [9.17, 15) is 9.59 Å². The standard InChI is InChI=1S/C18H15NO5/c1-23-12-5-3-10(16(9-12)24-2)7-14-13-8-11(18(21)22)4-6-15(13)19-17(14)20/h3-9H,1-2H3,(H,19,20)(H,21,22)/b14-7+. The number of anilines is 1. The van der Waals surface area contributed by atoms with Gasteiger partial charge in [-0.05, 0) is 36.4 Å². The van der Waals surface area contributed by atoms with Crippen molar-refractivity contribution in [2.45, 2.75) is 0 Å². The number of carboxylic acids is 1. The van der Waals surface area contributed by atoms with E-state index in [0.717, 1.165) is 0 Å². The van der Waals surface area contributed by atoms with E-state index in [-0.39, 0.29) is 11.5 Å². The second kappa shape index (κ2) is 6.08. The number of hydrogen-bond donors (Lipinski definition) is 2. The van der Waals surface area contributed by atoms with Gasteiger partial charge < -0.3 is 19.9 Å². The first kappa shape index (κ1) is 15.6. The molecule has 0 atom stereocenters. The zero-order valence-corrected chi connectivity index (χ0v) is 13.1. The topological polar surface area (TPSA) is 84.9 Å². The average molecular weight is 325 g/mol. The van der Waals surface area contributed by atoms with Crippen LogP contribution in [-0.4, -0.2) is 31.2 Å². The molecule has 24 heavy (non-hydrogen) atoms. The van der Waals surface area contributed by atoms with Gasteiger partial charge in [0.2, 0.25) is 0 Å². The minimum Gasteiger partial charge on any atom is -0.497 e. The number of fused-ring (bicyclic) bond motifs is 1. The van der Waals surface area contributed by atoms with Crippen LogP contribution in [0, 0.1) is 0 Å². The Bertz CT molecular complexity index is 870. The van der Waals surface area contributed by atoms with E-state index in [4.69, 9.17) is 14.6 Å². The largest absolute Gasteiger partial charge is 0.497 e. The van der Waals surface area contributed by atoms with E-state index >= 15 is 0 Å². The quantitative estimate of drug-likeness (QED) is 0.844. The van der Waals surface area contributed by atoms with Crippen LogP contribution in [0.3, 0.4) is 0 Å². The SMILES string of the molecule is COc1ccc(/C=C2/C(=O)Nc3ccc(C(=O)O)cc32)c(OC)c1. The van der Waals surface area contributed by atoms with Gasteiger partial charge in [-0.25, -0.2) is 4.79 Å². The van der Waals surface area contributed by atoms with Gasteiger partial charge in [-0.3, -0.25) is 4.79 Å². The lowest BCUT2D eigenvalue weighted by Crippen LogP contribution is -2.03. The Morgan fingerprint density at radius 1 is 1.12 bits per heavy atom. The van der Waals surface area contributed by atoms with Crippen molar-refractivity contribution in [2.75, 3.05) is 19.5 Å². The number of carbonyl (C=O) groups is 2. The van der Waals surface area contributed by atoms with Crippen LogP contribution in [0.4, 0.5) is 5.69 Å². The van der Waals surface area contributed by atoms with Crippen molar-refractivity contribution < 1.29 is 24.2 Å². The van der Waals surface area contributed by atoms with Gasteiger partial charge in [0, 0.05) is 28.5 Å². The lowest BCUT2D eigenvalue weighted by atomic mass is 10.0. The Morgan fingerprint density at radius 3 is 2.58 bits per heavy atom. The molecule has 1 aliphatic rings. The zero-order chi connectivity index (χ0) is 17.3. The number of ether oxygens (including phenoxy) is 2. The van der Waals surface area contributed by atoms with Gasteiger partial charge in [-0.2, -0.15) is 0 Å². The molecule has 6 heteroatoms. The van der Waals surface area contributed by atoms with Gasteiger partial charge in [0.25, 0.3) is 5.91 Å². The van der Waals surface area contributed by atoms with Gasteiger partial charge in [0.15, 0.2) is 0 Å². The van der Waals surface area contributed by atoms with Crippen LogP contribution in [0.25, 0.3) is 11.6 Å². The molecule has 0 saturated heterocycles. The summed E-state index contributed by atoms with van der Waals surface area (Å²) in [5, 5.41) is 11.9. The minimum atomic E-state index is -1.04. The molecule has 0 aliphatic carbocycles. The first-order valence-electron chi connectivity index (χ1n) is 7.16. The molecule has 1 heterocycles. The summed E-state index contributed by atoms with van der Waals surface area (Å²) in [7, 11) is 3.09. The molecule has 122 valence electrons. The molecule has 0 aromatic heterocycles. The predicted octanol–water partition coefficient (Wildman–Crippen LogP) is 2.89. The Kier molecular flexibility index (Phi) is 3.95. The Balaban J connectivity index is 2.11. The summed E-state index contributed by atoms with van der Waals surface area (Å²) in [4.78, 5) is 23.4. The summed E-state index contributed by atoms with van der Waals surface area (Å²) in [5.41, 5.74) is 2.34. The van der Waals surface area contributed by atoms with Crippen molar-refractivity contribution >= 4 is 29.2 Å². The van der Waals surface area contributed by atoms with E-state index in [2.05, 4.69) is 5.32 Å². The lowest BCUT2D eigenvalue weighted by molar-refractivity contribution is -0.110. The highest BCUT2D eigenvalue weighted by Crippen LogP contribution is 2.36. The first-order valence-corrected chi connectivity index (χ1v) is 7.16. The smallest absolute Gasteiger partial charge is 0.335 e. The molecule has 0 radical (unpaired) electrons. The van der Waals surface area contributed by atoms with Crippen molar-refractivity contribution in [3.63, 3.8) is 0 Å². The van der Waals surface area contributed by atoms with Crippen LogP contribution in [0.15, 0.2) is 36.4 Å². The molecule has 1 aliphatic heterocycles. The molecule has 2 aromatic carbocycles. The van der Waals surface area contributed by atoms with Crippen LogP contribution in [0.1, 0.15) is 21.5 Å². The lowest BCUT2D eigenvalue weighted by Gasteiger charge is -2.08. The fraction of sp³-hybridized carbons (Fsp3) is 0.111. The van der Waals surface area contributed by atoms with Gasteiger partial charge in [0.1, 0.15) is 11.5 Å². The molecular weight excluding hydrogens is 310 g/mol. The molecule has 0 saturated carbocycles. The zero-order valence-electron chi connectivity index (χ0n) is 13.1. The minimum absolute atomic E-state index is 0.123. The highest BCUT2D eigenvalue weighted by atomic mass is 16.5. The van der Waals surface area contributed by atoms with Gasteiger partial charge in [0.05, 0.1) is 19.8 Å². The van der Waals surface area contributed by atoms with E-state index < -0.39 is 5.97 Å². The molecule has 1 amide bonds. The summed E-state index contributed by atoms with van der Waals surface area (Å²) in [6.45, 7) is 0. The van der Waals surface area contributed by atoms with E-state index in [1.165, 1.54) is 19.2 Å². The second-order valence-electron chi connectivity index (χ2n) is 5.19. The van der Waals surface area contributed by atoms with Crippen molar-refractivity contribution in [2.24, 2.45) is 0 Å². The fourth-order valence-corrected chi connectivity index (χ4v) is 2.56. The summed E-state index contributed by atoms with van der Waals surface area (Å²) in [5.74, 6) is -0.139. The third kappa shape index (κ3) is 2.69. The maximum absolute atomic E-state index is 12.2. The number of benzene rings is 2. The van der Waals surface area contributed by atoms with Gasteiger partial charge in [-0.1, -0.05) is 0 Å². The molecule has 2 N–H and O–H groups in total. The third-order valence-electron chi connectivity index (χ3n) is 3.79. The Hall–Kier alpha value is -3.28. The van der Waals surface area contributed by atoms with Crippen LogP contribution in [0.2, 0.25) is 0 Å². The average Bonchev–Trinajstić information content (AvgIpc) is 2.90. The molecular formula is C18H15NO5. The van der Waals surface area contributed by atoms with E-state index in [0.29, 0.717) is 33.9 Å². The number of methoxy groups -OCH3 is 2. The summed E-state index contributed by atoms with van der Waals surface area (Å²) < 4.78 is 10.5. The molecule has 2 aromatic rings. The van der Waals surface area contributed by atoms with Gasteiger partial charge >= 0.3 is 5.97 Å². The number of rotatable bonds is 4. The first-order chi connectivity index (χ1) is 11.5. The Morgan fingerprint density at radius 2 is 1.92 bits per heavy atom. The molecule has 6 nitrogen and oxygen atoms in total. The van der Waals surface area contributed by atoms with Crippen LogP contribution in [0.5, 0.6) is 11.5 Å². The number of amides is 1. The van der Waals surface area contributed by atoms with Crippen molar-refractivity contribution in [3.8, 4) is 11.5 Å². The maximum atomic E-state index is 12.2. The van der Waals surface area contributed by atoms with E-state index in [1.54, 1.807) is 37.5 Å². The number of carbonyl (C=O) groups excluding carboxylic acids is 1. The predicted molar refractivity (Wildman–Crippen MR) is 89.4 cm³/mol. The fourth-order valence-electron chi connectivity index (χ4n) is 2.56. The van der Waals surface area contributed by atoms with Crippen LogP contribution >= 0.6 is 0 Å². The van der Waals surface area contributed by atoms with Gasteiger partial charge in [-0.15, -0.1) is 0 Å².